The Kier molecular flexibility index (Phi) is 4.53. The van der Waals surface area contributed by atoms with E-state index in [-0.39, 0.29) is 5.95 Å². The summed E-state index contributed by atoms with van der Waals surface area (Å²) in [5.41, 5.74) is 8.79. The van der Waals surface area contributed by atoms with Crippen molar-refractivity contribution in [2.24, 2.45) is 0 Å². The molecule has 0 aliphatic heterocycles. The Morgan fingerprint density at radius 2 is 1.58 bits per heavy atom. The maximum absolute atomic E-state index is 6.27. The third kappa shape index (κ3) is 3.12. The summed E-state index contributed by atoms with van der Waals surface area (Å²) >= 11 is 6.27. The van der Waals surface area contributed by atoms with Crippen molar-refractivity contribution >= 4 is 17.5 Å². The Bertz CT molecular complexity index is 884. The first-order chi connectivity index (χ1) is 11.6. The zero-order valence-electron chi connectivity index (χ0n) is 13.3. The van der Waals surface area contributed by atoms with Gasteiger partial charge >= 0.3 is 0 Å². The Hall–Kier alpha value is -2.79. The molecule has 3 aromatic rings. The molecule has 0 atom stereocenters. The van der Waals surface area contributed by atoms with Crippen molar-refractivity contribution in [3.8, 4) is 34.0 Å². The van der Waals surface area contributed by atoms with Gasteiger partial charge in [-0.1, -0.05) is 29.8 Å². The number of methoxy groups -OCH3 is 2. The minimum atomic E-state index is 0.167. The van der Waals surface area contributed by atoms with Gasteiger partial charge in [0.05, 0.1) is 25.6 Å². The average Bonchev–Trinajstić information content (AvgIpc) is 2.61. The van der Waals surface area contributed by atoms with Crippen molar-refractivity contribution in [3.05, 3.63) is 53.6 Å². The maximum Gasteiger partial charge on any atom is 0.221 e. The van der Waals surface area contributed by atoms with Crippen LogP contribution in [0.2, 0.25) is 5.02 Å². The van der Waals surface area contributed by atoms with Gasteiger partial charge in [0.15, 0.2) is 0 Å². The molecular formula is C18H16ClN3O2. The number of hydrogen-bond acceptors (Lipinski definition) is 5. The molecule has 2 N–H and O–H groups in total. The van der Waals surface area contributed by atoms with Crippen molar-refractivity contribution in [2.75, 3.05) is 20.0 Å². The molecule has 24 heavy (non-hydrogen) atoms. The Labute approximate surface area is 145 Å². The Morgan fingerprint density at radius 3 is 2.25 bits per heavy atom. The van der Waals surface area contributed by atoms with Crippen LogP contribution in [0.3, 0.4) is 0 Å². The van der Waals surface area contributed by atoms with Crippen LogP contribution in [0, 0.1) is 0 Å². The molecule has 0 amide bonds. The van der Waals surface area contributed by atoms with Crippen molar-refractivity contribution in [2.45, 2.75) is 0 Å². The van der Waals surface area contributed by atoms with Crippen LogP contribution in [0.4, 0.5) is 5.95 Å². The first kappa shape index (κ1) is 16.1. The van der Waals surface area contributed by atoms with E-state index in [0.29, 0.717) is 27.9 Å². The van der Waals surface area contributed by atoms with Crippen molar-refractivity contribution in [1.82, 2.24) is 9.97 Å². The van der Waals surface area contributed by atoms with Crippen LogP contribution < -0.4 is 15.2 Å². The fourth-order valence-corrected chi connectivity index (χ4v) is 2.65. The van der Waals surface area contributed by atoms with Gasteiger partial charge in [0.25, 0.3) is 0 Å². The average molecular weight is 342 g/mol. The lowest BCUT2D eigenvalue weighted by Crippen LogP contribution is -2.00. The quantitative estimate of drug-likeness (QED) is 0.774. The first-order valence-electron chi connectivity index (χ1n) is 7.24. The molecule has 2 aromatic carbocycles. The van der Waals surface area contributed by atoms with Gasteiger partial charge in [0.2, 0.25) is 5.95 Å². The standard InChI is InChI=1S/C18H16ClN3O2/c1-23-11-7-8-13(17(9-11)24-2)16-10-15(21-18(20)22-16)12-5-3-4-6-14(12)19/h3-10H,1-2H3,(H2,20,21,22). The van der Waals surface area contributed by atoms with E-state index < -0.39 is 0 Å². The highest BCUT2D eigenvalue weighted by Crippen LogP contribution is 2.35. The molecular weight excluding hydrogens is 326 g/mol. The molecule has 0 unspecified atom stereocenters. The molecule has 3 rings (SSSR count). The van der Waals surface area contributed by atoms with Gasteiger partial charge in [-0.2, -0.15) is 0 Å². The summed E-state index contributed by atoms with van der Waals surface area (Å²) < 4.78 is 10.7. The SMILES string of the molecule is COc1ccc(-c2cc(-c3ccccc3Cl)nc(N)n2)c(OC)c1. The molecule has 122 valence electrons. The molecule has 1 heterocycles. The number of nitrogen functional groups attached to an aromatic ring is 1. The predicted molar refractivity (Wildman–Crippen MR) is 95.4 cm³/mol. The summed E-state index contributed by atoms with van der Waals surface area (Å²) in [7, 11) is 3.20. The van der Waals surface area contributed by atoms with Crippen LogP contribution in [-0.2, 0) is 0 Å². The van der Waals surface area contributed by atoms with E-state index in [1.165, 1.54) is 0 Å². The van der Waals surface area contributed by atoms with Crippen LogP contribution in [0.25, 0.3) is 22.5 Å². The summed E-state index contributed by atoms with van der Waals surface area (Å²) in [6, 6.07) is 14.8. The number of benzene rings is 2. The highest BCUT2D eigenvalue weighted by molar-refractivity contribution is 6.33. The van der Waals surface area contributed by atoms with Gasteiger partial charge in [-0.05, 0) is 24.3 Å². The van der Waals surface area contributed by atoms with Gasteiger partial charge in [0.1, 0.15) is 11.5 Å². The van der Waals surface area contributed by atoms with Crippen LogP contribution >= 0.6 is 11.6 Å². The van der Waals surface area contributed by atoms with E-state index in [1.54, 1.807) is 20.3 Å². The largest absolute Gasteiger partial charge is 0.497 e. The summed E-state index contributed by atoms with van der Waals surface area (Å²) in [6.45, 7) is 0. The molecule has 0 aliphatic rings. The summed E-state index contributed by atoms with van der Waals surface area (Å²) in [6.07, 6.45) is 0. The van der Waals surface area contributed by atoms with Crippen LogP contribution in [0.15, 0.2) is 48.5 Å². The smallest absolute Gasteiger partial charge is 0.221 e. The third-order valence-corrected chi connectivity index (χ3v) is 3.91. The normalized spacial score (nSPS) is 10.5. The van der Waals surface area contributed by atoms with Gasteiger partial charge in [-0.25, -0.2) is 9.97 Å². The second-order valence-electron chi connectivity index (χ2n) is 5.04. The molecule has 0 aliphatic carbocycles. The third-order valence-electron chi connectivity index (χ3n) is 3.58. The lowest BCUT2D eigenvalue weighted by molar-refractivity contribution is 0.395. The Morgan fingerprint density at radius 1 is 0.875 bits per heavy atom. The number of rotatable bonds is 4. The minimum Gasteiger partial charge on any atom is -0.497 e. The molecule has 0 saturated heterocycles. The number of nitrogens with zero attached hydrogens (tertiary/aromatic N) is 2. The maximum atomic E-state index is 6.27. The first-order valence-corrected chi connectivity index (χ1v) is 7.62. The monoisotopic (exact) mass is 341 g/mol. The predicted octanol–water partition coefficient (Wildman–Crippen LogP) is 4.06. The van der Waals surface area contributed by atoms with Crippen LogP contribution in [-0.4, -0.2) is 24.2 Å². The van der Waals surface area contributed by atoms with E-state index in [0.717, 1.165) is 11.1 Å². The lowest BCUT2D eigenvalue weighted by atomic mass is 10.1. The van der Waals surface area contributed by atoms with Gasteiger partial charge < -0.3 is 15.2 Å². The van der Waals surface area contributed by atoms with E-state index in [9.17, 15) is 0 Å². The van der Waals surface area contributed by atoms with Gasteiger partial charge in [0, 0.05) is 22.2 Å². The lowest BCUT2D eigenvalue weighted by Gasteiger charge is -2.12. The number of nitrogens with two attached hydrogens (primary N) is 1. The van der Waals surface area contributed by atoms with Crippen molar-refractivity contribution in [3.63, 3.8) is 0 Å². The van der Waals surface area contributed by atoms with Gasteiger partial charge in [-0.3, -0.25) is 0 Å². The van der Waals surface area contributed by atoms with E-state index in [2.05, 4.69) is 9.97 Å². The zero-order chi connectivity index (χ0) is 17.1. The van der Waals surface area contributed by atoms with E-state index >= 15 is 0 Å². The number of halogens is 1. The molecule has 0 spiro atoms. The summed E-state index contributed by atoms with van der Waals surface area (Å²) in [4.78, 5) is 8.62. The van der Waals surface area contributed by atoms with Crippen molar-refractivity contribution < 1.29 is 9.47 Å². The van der Waals surface area contributed by atoms with Gasteiger partial charge in [-0.15, -0.1) is 0 Å². The van der Waals surface area contributed by atoms with E-state index in [1.807, 2.05) is 42.5 Å². The molecule has 6 heteroatoms. The molecule has 5 nitrogen and oxygen atoms in total. The molecule has 0 radical (unpaired) electrons. The molecule has 0 bridgehead atoms. The number of ether oxygens (including phenoxy) is 2. The number of aromatic nitrogens is 2. The summed E-state index contributed by atoms with van der Waals surface area (Å²) in [5.74, 6) is 1.50. The summed E-state index contributed by atoms with van der Waals surface area (Å²) in [5, 5.41) is 0.600. The zero-order valence-corrected chi connectivity index (χ0v) is 14.0. The van der Waals surface area contributed by atoms with Crippen molar-refractivity contribution in [1.29, 1.82) is 0 Å². The fraction of sp³-hybridized carbons (Fsp3) is 0.111. The number of anilines is 1. The fourth-order valence-electron chi connectivity index (χ4n) is 2.42. The van der Waals surface area contributed by atoms with Crippen LogP contribution in [0.5, 0.6) is 11.5 Å². The van der Waals surface area contributed by atoms with E-state index in [4.69, 9.17) is 26.8 Å². The second-order valence-corrected chi connectivity index (χ2v) is 5.45. The Balaban J connectivity index is 2.15. The highest BCUT2D eigenvalue weighted by atomic mass is 35.5. The molecule has 0 fully saturated rings. The molecule has 1 aromatic heterocycles. The molecule has 0 saturated carbocycles. The number of hydrogen-bond donors (Lipinski definition) is 1. The van der Waals surface area contributed by atoms with Crippen LogP contribution in [0.1, 0.15) is 0 Å². The topological polar surface area (TPSA) is 70.3 Å². The minimum absolute atomic E-state index is 0.167. The highest BCUT2D eigenvalue weighted by Gasteiger charge is 2.13. The second kappa shape index (κ2) is 6.76.